The first-order valence-electron chi connectivity index (χ1n) is 6.56. The van der Waals surface area contributed by atoms with Gasteiger partial charge in [0.25, 0.3) is 0 Å². The van der Waals surface area contributed by atoms with Crippen LogP contribution < -0.4 is 0 Å². The second-order valence-electron chi connectivity index (χ2n) is 5.29. The smallest absolute Gasteiger partial charge is 0.413 e. The summed E-state index contributed by atoms with van der Waals surface area (Å²) in [6.45, 7) is 5.34. The molecule has 1 atom stereocenters. The lowest BCUT2D eigenvalue weighted by Gasteiger charge is -2.31. The molecule has 1 aromatic rings. The Labute approximate surface area is 118 Å². The Morgan fingerprint density at radius 2 is 2.00 bits per heavy atom. The fourth-order valence-corrected chi connectivity index (χ4v) is 2.24. The number of amides is 1. The molecule has 108 valence electrons. The summed E-state index contributed by atoms with van der Waals surface area (Å²) in [6.07, 6.45) is -0.531. The highest BCUT2D eigenvalue weighted by molar-refractivity contribution is 5.86. The van der Waals surface area contributed by atoms with E-state index < -0.39 is 17.9 Å². The van der Waals surface area contributed by atoms with Crippen molar-refractivity contribution in [3.63, 3.8) is 0 Å². The highest BCUT2D eigenvalue weighted by Crippen LogP contribution is 2.28. The van der Waals surface area contributed by atoms with Gasteiger partial charge in [-0.15, -0.1) is 0 Å². The highest BCUT2D eigenvalue weighted by atomic mass is 16.6. The molecular formula is C15H19NO4. The molecule has 0 aliphatic carbocycles. The summed E-state index contributed by atoms with van der Waals surface area (Å²) in [5, 5.41) is 0. The molecule has 0 spiro atoms. The molecule has 1 heterocycles. The lowest BCUT2D eigenvalue weighted by atomic mass is 10.1. The van der Waals surface area contributed by atoms with E-state index in [9.17, 15) is 9.59 Å². The number of benzene rings is 1. The molecule has 2 rings (SSSR count). The van der Waals surface area contributed by atoms with E-state index >= 15 is 0 Å². The number of carbonyl (C=O) groups is 2. The topological polar surface area (TPSA) is 55.8 Å². The van der Waals surface area contributed by atoms with Gasteiger partial charge < -0.3 is 9.47 Å². The Morgan fingerprint density at radius 3 is 2.60 bits per heavy atom. The molecule has 0 N–H and O–H groups in total. The van der Waals surface area contributed by atoms with Crippen molar-refractivity contribution in [2.24, 2.45) is 0 Å². The molecule has 1 aromatic carbocycles. The van der Waals surface area contributed by atoms with Crippen LogP contribution in [0.15, 0.2) is 30.3 Å². The van der Waals surface area contributed by atoms with E-state index in [1.54, 1.807) is 13.8 Å². The van der Waals surface area contributed by atoms with Gasteiger partial charge in [0.15, 0.2) is 5.78 Å². The molecule has 0 saturated carbocycles. The molecule has 1 aliphatic heterocycles. The number of hydrogen-bond acceptors (Lipinski definition) is 4. The van der Waals surface area contributed by atoms with E-state index in [0.717, 1.165) is 5.56 Å². The number of hydrogen-bond donors (Lipinski definition) is 0. The summed E-state index contributed by atoms with van der Waals surface area (Å²) in [4.78, 5) is 25.2. The Bertz CT molecular complexity index is 498. The third-order valence-electron chi connectivity index (χ3n) is 3.36. The maximum absolute atomic E-state index is 12.2. The van der Waals surface area contributed by atoms with E-state index in [-0.39, 0.29) is 19.0 Å². The zero-order valence-electron chi connectivity index (χ0n) is 12.0. The zero-order valence-corrected chi connectivity index (χ0v) is 12.0. The van der Waals surface area contributed by atoms with Crippen LogP contribution >= 0.6 is 0 Å². The predicted molar refractivity (Wildman–Crippen MR) is 73.0 cm³/mol. The Kier molecular flexibility index (Phi) is 4.09. The van der Waals surface area contributed by atoms with Crippen molar-refractivity contribution < 1.29 is 19.1 Å². The summed E-state index contributed by atoms with van der Waals surface area (Å²) in [7, 11) is 0. The fraction of sp³-hybridized carbons (Fsp3) is 0.467. The van der Waals surface area contributed by atoms with Gasteiger partial charge in [0.05, 0.1) is 6.61 Å². The standard InChI is InChI=1S/C15H19NO4/c1-11(17)13-10-20-15(2,3)16(13)14(18)19-9-12-7-5-4-6-8-12/h4-8,13H,9-10H2,1-3H3. The van der Waals surface area contributed by atoms with Crippen LogP contribution in [0.5, 0.6) is 0 Å². The van der Waals surface area contributed by atoms with Gasteiger partial charge in [-0.05, 0) is 26.3 Å². The summed E-state index contributed by atoms with van der Waals surface area (Å²) in [6, 6.07) is 8.83. The maximum Gasteiger partial charge on any atom is 0.413 e. The van der Waals surface area contributed by atoms with Crippen LogP contribution in [0.4, 0.5) is 4.79 Å². The summed E-state index contributed by atoms with van der Waals surface area (Å²) < 4.78 is 10.8. The van der Waals surface area contributed by atoms with Crippen LogP contribution in [0.2, 0.25) is 0 Å². The molecule has 0 bridgehead atoms. The Balaban J connectivity index is 2.04. The SMILES string of the molecule is CC(=O)C1COC(C)(C)N1C(=O)OCc1ccccc1. The van der Waals surface area contributed by atoms with Crippen LogP contribution in [0.1, 0.15) is 26.3 Å². The molecular weight excluding hydrogens is 258 g/mol. The first kappa shape index (κ1) is 14.5. The number of ketones is 1. The summed E-state index contributed by atoms with van der Waals surface area (Å²) in [5.41, 5.74) is 0.0718. The molecule has 0 aromatic heterocycles. The number of Topliss-reactive ketones (excluding diaryl/α,β-unsaturated/α-hetero) is 1. The van der Waals surface area contributed by atoms with Gasteiger partial charge in [-0.2, -0.15) is 0 Å². The maximum atomic E-state index is 12.2. The fourth-order valence-electron chi connectivity index (χ4n) is 2.24. The minimum absolute atomic E-state index is 0.104. The minimum atomic E-state index is -0.829. The zero-order chi connectivity index (χ0) is 14.8. The second-order valence-corrected chi connectivity index (χ2v) is 5.29. The molecule has 1 saturated heterocycles. The van der Waals surface area contributed by atoms with E-state index in [1.165, 1.54) is 11.8 Å². The van der Waals surface area contributed by atoms with Crippen molar-refractivity contribution >= 4 is 11.9 Å². The van der Waals surface area contributed by atoms with Crippen LogP contribution in [0, 0.1) is 0 Å². The van der Waals surface area contributed by atoms with Gasteiger partial charge in [0.1, 0.15) is 18.4 Å². The molecule has 1 unspecified atom stereocenters. The van der Waals surface area contributed by atoms with Crippen molar-refractivity contribution in [1.29, 1.82) is 0 Å². The Hall–Kier alpha value is -1.88. The third-order valence-corrected chi connectivity index (χ3v) is 3.36. The second kappa shape index (κ2) is 5.63. The van der Waals surface area contributed by atoms with Gasteiger partial charge in [0, 0.05) is 0 Å². The first-order valence-corrected chi connectivity index (χ1v) is 6.56. The number of rotatable bonds is 3. The third kappa shape index (κ3) is 2.99. The van der Waals surface area contributed by atoms with E-state index in [2.05, 4.69) is 0 Å². The number of nitrogens with zero attached hydrogens (tertiary/aromatic N) is 1. The van der Waals surface area contributed by atoms with Crippen LogP contribution in [-0.4, -0.2) is 35.2 Å². The van der Waals surface area contributed by atoms with Crippen molar-refractivity contribution in [2.45, 2.75) is 39.1 Å². The molecule has 1 aliphatic rings. The lowest BCUT2D eigenvalue weighted by molar-refractivity contribution is -0.121. The van der Waals surface area contributed by atoms with Crippen LogP contribution in [-0.2, 0) is 20.9 Å². The van der Waals surface area contributed by atoms with Gasteiger partial charge in [-0.3, -0.25) is 9.69 Å². The molecule has 0 radical (unpaired) electrons. The normalized spacial score (nSPS) is 20.8. The van der Waals surface area contributed by atoms with Gasteiger partial charge >= 0.3 is 6.09 Å². The summed E-state index contributed by atoms with van der Waals surface area (Å²) >= 11 is 0. The monoisotopic (exact) mass is 277 g/mol. The molecule has 20 heavy (non-hydrogen) atoms. The minimum Gasteiger partial charge on any atom is -0.444 e. The van der Waals surface area contributed by atoms with Gasteiger partial charge in [-0.25, -0.2) is 4.79 Å². The molecule has 1 amide bonds. The van der Waals surface area contributed by atoms with Crippen molar-refractivity contribution in [1.82, 2.24) is 4.90 Å². The number of ether oxygens (including phenoxy) is 2. The van der Waals surface area contributed by atoms with Crippen LogP contribution in [0.25, 0.3) is 0 Å². The molecule has 5 nitrogen and oxygen atoms in total. The first-order chi connectivity index (χ1) is 9.42. The van der Waals surface area contributed by atoms with Crippen LogP contribution in [0.3, 0.4) is 0 Å². The van der Waals surface area contributed by atoms with Crippen molar-refractivity contribution in [2.75, 3.05) is 6.61 Å². The average Bonchev–Trinajstić information content (AvgIpc) is 2.73. The van der Waals surface area contributed by atoms with Crippen molar-refractivity contribution in [3.8, 4) is 0 Å². The summed E-state index contributed by atoms with van der Waals surface area (Å²) in [5.74, 6) is -0.104. The van der Waals surface area contributed by atoms with E-state index in [4.69, 9.17) is 9.47 Å². The largest absolute Gasteiger partial charge is 0.444 e. The van der Waals surface area contributed by atoms with Gasteiger partial charge in [-0.1, -0.05) is 30.3 Å². The van der Waals surface area contributed by atoms with E-state index in [1.807, 2.05) is 30.3 Å². The van der Waals surface area contributed by atoms with Gasteiger partial charge in [0.2, 0.25) is 0 Å². The quantitative estimate of drug-likeness (QED) is 0.851. The molecule has 1 fully saturated rings. The van der Waals surface area contributed by atoms with E-state index in [0.29, 0.717) is 0 Å². The number of carbonyl (C=O) groups excluding carboxylic acids is 2. The van der Waals surface area contributed by atoms with Crippen molar-refractivity contribution in [3.05, 3.63) is 35.9 Å². The average molecular weight is 277 g/mol. The molecule has 5 heteroatoms. The highest BCUT2D eigenvalue weighted by Gasteiger charge is 2.46. The predicted octanol–water partition coefficient (Wildman–Crippen LogP) is 2.35. The Morgan fingerprint density at radius 1 is 1.35 bits per heavy atom. The lowest BCUT2D eigenvalue weighted by Crippen LogP contribution is -2.50.